The highest BCUT2D eigenvalue weighted by atomic mass is 32.2. The van der Waals surface area contributed by atoms with Crippen molar-refractivity contribution in [1.29, 1.82) is 0 Å². The first-order valence-corrected chi connectivity index (χ1v) is 10.1. The number of aryl methyl sites for hydroxylation is 1. The molecule has 1 N–H and O–H groups in total. The fourth-order valence-corrected chi connectivity index (χ4v) is 3.89. The molecule has 0 unspecified atom stereocenters. The molecule has 27 heavy (non-hydrogen) atoms. The topological polar surface area (TPSA) is 73.8 Å². The second kappa shape index (κ2) is 8.49. The lowest BCUT2D eigenvalue weighted by atomic mass is 10.2. The minimum absolute atomic E-state index is 0.789. The largest absolute Gasteiger partial charge is 0.353 e. The number of hydrogen-bond donors (Lipinski definition) is 1. The molecule has 0 radical (unpaired) electrons. The molecule has 1 aromatic carbocycles. The van der Waals surface area contributed by atoms with Crippen LogP contribution in [0.3, 0.4) is 0 Å². The van der Waals surface area contributed by atoms with E-state index in [1.807, 2.05) is 25.4 Å². The van der Waals surface area contributed by atoms with Gasteiger partial charge in [-0.25, -0.2) is 9.97 Å². The van der Waals surface area contributed by atoms with Gasteiger partial charge in [0.1, 0.15) is 16.7 Å². The molecule has 7 nitrogen and oxygen atoms in total. The lowest BCUT2D eigenvalue weighted by Crippen LogP contribution is -2.46. The summed E-state index contributed by atoms with van der Waals surface area (Å²) in [5.41, 5.74) is 1.30. The van der Waals surface area contributed by atoms with Crippen LogP contribution in [0.25, 0.3) is 0 Å². The number of thioether (sulfide) groups is 1. The van der Waals surface area contributed by atoms with E-state index in [1.165, 1.54) is 5.56 Å². The first-order chi connectivity index (χ1) is 13.3. The van der Waals surface area contributed by atoms with Gasteiger partial charge in [0.25, 0.3) is 0 Å². The summed E-state index contributed by atoms with van der Waals surface area (Å²) < 4.78 is 0. The number of hydrogen-bond acceptors (Lipinski definition) is 7. The van der Waals surface area contributed by atoms with Crippen LogP contribution in [0.15, 0.2) is 47.8 Å². The second-order valence-corrected chi connectivity index (χ2v) is 7.59. The molecular weight excluding hydrogens is 358 g/mol. The summed E-state index contributed by atoms with van der Waals surface area (Å²) in [7, 11) is 0. The molecule has 4 rings (SSSR count). The van der Waals surface area contributed by atoms with E-state index >= 15 is 0 Å². The molecule has 1 aliphatic rings. The molecule has 0 amide bonds. The average Bonchev–Trinajstić information content (AvgIpc) is 3.13. The quantitative estimate of drug-likeness (QED) is 0.658. The zero-order chi connectivity index (χ0) is 18.5. The van der Waals surface area contributed by atoms with Gasteiger partial charge < -0.3 is 4.90 Å². The van der Waals surface area contributed by atoms with Crippen LogP contribution in [0.4, 0.5) is 5.82 Å². The van der Waals surface area contributed by atoms with Crippen LogP contribution in [0.5, 0.6) is 0 Å². The van der Waals surface area contributed by atoms with E-state index in [9.17, 15) is 0 Å². The molecule has 1 aliphatic heterocycles. The molecule has 3 aromatic rings. The van der Waals surface area contributed by atoms with Crippen LogP contribution in [0.1, 0.15) is 17.2 Å². The van der Waals surface area contributed by atoms with E-state index in [-0.39, 0.29) is 0 Å². The summed E-state index contributed by atoms with van der Waals surface area (Å²) in [6, 6.07) is 10.4. The predicted octanol–water partition coefficient (Wildman–Crippen LogP) is 2.52. The van der Waals surface area contributed by atoms with Crippen LogP contribution in [0, 0.1) is 6.92 Å². The number of rotatable bonds is 6. The smallest absolute Gasteiger partial charge is 0.164 e. The molecule has 2 aromatic heterocycles. The molecule has 140 valence electrons. The van der Waals surface area contributed by atoms with Gasteiger partial charge in [-0.05, 0) is 12.5 Å². The van der Waals surface area contributed by atoms with E-state index in [4.69, 9.17) is 4.98 Å². The van der Waals surface area contributed by atoms with Crippen molar-refractivity contribution >= 4 is 17.6 Å². The number of aromatic nitrogens is 5. The fourth-order valence-electron chi connectivity index (χ4n) is 3.09. The number of nitrogens with one attached hydrogen (secondary N) is 1. The van der Waals surface area contributed by atoms with Crippen molar-refractivity contribution in [3.8, 4) is 0 Å². The van der Waals surface area contributed by atoms with Gasteiger partial charge in [0, 0.05) is 31.9 Å². The Balaban J connectivity index is 1.31. The molecule has 1 saturated heterocycles. The number of aromatic amines is 1. The maximum Gasteiger partial charge on any atom is 0.164 e. The summed E-state index contributed by atoms with van der Waals surface area (Å²) in [5.74, 6) is 3.59. The molecule has 0 aliphatic carbocycles. The zero-order valence-corrected chi connectivity index (χ0v) is 16.2. The minimum atomic E-state index is 0.789. The second-order valence-electron chi connectivity index (χ2n) is 6.59. The first kappa shape index (κ1) is 17.9. The van der Waals surface area contributed by atoms with Crippen molar-refractivity contribution in [1.82, 2.24) is 30.0 Å². The van der Waals surface area contributed by atoms with Gasteiger partial charge in [0.2, 0.25) is 0 Å². The van der Waals surface area contributed by atoms with Gasteiger partial charge in [-0.15, -0.1) is 11.8 Å². The minimum Gasteiger partial charge on any atom is -0.353 e. The van der Waals surface area contributed by atoms with Gasteiger partial charge in [0.15, 0.2) is 5.82 Å². The van der Waals surface area contributed by atoms with E-state index in [2.05, 4.69) is 54.2 Å². The first-order valence-electron chi connectivity index (χ1n) is 9.10. The zero-order valence-electron chi connectivity index (χ0n) is 15.4. The van der Waals surface area contributed by atoms with E-state index in [0.717, 1.165) is 61.0 Å². The van der Waals surface area contributed by atoms with Crippen LogP contribution >= 0.6 is 11.8 Å². The lowest BCUT2D eigenvalue weighted by molar-refractivity contribution is 0.243. The Kier molecular flexibility index (Phi) is 5.64. The SMILES string of the molecule is Cc1nc(CN2CCN(c3cncc(SCc4ccccc4)n3)CC2)n[nH]1. The molecule has 1 fully saturated rings. The van der Waals surface area contributed by atoms with Crippen LogP contribution in [-0.4, -0.2) is 56.2 Å². The standard InChI is InChI=1S/C19H23N7S/c1-15-21-17(24-23-15)13-25-7-9-26(10-8-25)18-11-20-12-19(22-18)27-14-16-5-3-2-4-6-16/h2-6,11-12H,7-10,13-14H2,1H3,(H,21,23,24). The monoisotopic (exact) mass is 381 g/mol. The summed E-state index contributed by atoms with van der Waals surface area (Å²) >= 11 is 1.73. The highest BCUT2D eigenvalue weighted by molar-refractivity contribution is 7.98. The maximum absolute atomic E-state index is 4.80. The van der Waals surface area contributed by atoms with Crippen LogP contribution in [-0.2, 0) is 12.3 Å². The Morgan fingerprint density at radius 1 is 1.04 bits per heavy atom. The van der Waals surface area contributed by atoms with Gasteiger partial charge in [-0.3, -0.25) is 15.0 Å². The number of H-pyrrole nitrogens is 1. The number of anilines is 1. The third-order valence-corrected chi connectivity index (χ3v) is 5.50. The molecule has 0 saturated carbocycles. The Morgan fingerprint density at radius 3 is 2.59 bits per heavy atom. The molecule has 8 heteroatoms. The highest BCUT2D eigenvalue weighted by Gasteiger charge is 2.19. The number of nitrogens with zero attached hydrogens (tertiary/aromatic N) is 6. The molecule has 0 atom stereocenters. The van der Waals surface area contributed by atoms with E-state index < -0.39 is 0 Å². The van der Waals surface area contributed by atoms with Crippen molar-refractivity contribution in [3.63, 3.8) is 0 Å². The predicted molar refractivity (Wildman–Crippen MR) is 107 cm³/mol. The third kappa shape index (κ3) is 4.84. The average molecular weight is 382 g/mol. The molecular formula is C19H23N7S. The Bertz CT molecular complexity index is 859. The van der Waals surface area contributed by atoms with E-state index in [0.29, 0.717) is 0 Å². The highest BCUT2D eigenvalue weighted by Crippen LogP contribution is 2.23. The molecule has 0 bridgehead atoms. The lowest BCUT2D eigenvalue weighted by Gasteiger charge is -2.34. The van der Waals surface area contributed by atoms with Gasteiger partial charge in [-0.1, -0.05) is 30.3 Å². The number of piperazine rings is 1. The van der Waals surface area contributed by atoms with Gasteiger partial charge in [0.05, 0.1) is 18.9 Å². The van der Waals surface area contributed by atoms with Crippen LogP contribution < -0.4 is 4.90 Å². The number of benzene rings is 1. The van der Waals surface area contributed by atoms with Gasteiger partial charge >= 0.3 is 0 Å². The Morgan fingerprint density at radius 2 is 1.85 bits per heavy atom. The van der Waals surface area contributed by atoms with Crippen molar-refractivity contribution in [2.75, 3.05) is 31.1 Å². The Hall–Kier alpha value is -2.45. The van der Waals surface area contributed by atoms with E-state index in [1.54, 1.807) is 11.8 Å². The van der Waals surface area contributed by atoms with Crippen molar-refractivity contribution in [3.05, 3.63) is 59.9 Å². The summed E-state index contributed by atoms with van der Waals surface area (Å²) in [6.07, 6.45) is 3.71. The summed E-state index contributed by atoms with van der Waals surface area (Å²) in [5, 5.41) is 8.10. The Labute approximate surface area is 163 Å². The normalized spacial score (nSPS) is 15.2. The van der Waals surface area contributed by atoms with Crippen molar-refractivity contribution < 1.29 is 0 Å². The molecule has 3 heterocycles. The summed E-state index contributed by atoms with van der Waals surface area (Å²) in [6.45, 7) is 6.52. The van der Waals surface area contributed by atoms with Gasteiger partial charge in [-0.2, -0.15) is 5.10 Å². The van der Waals surface area contributed by atoms with Crippen LogP contribution in [0.2, 0.25) is 0 Å². The fraction of sp³-hybridized carbons (Fsp3) is 0.368. The molecule has 0 spiro atoms. The van der Waals surface area contributed by atoms with Crippen molar-refractivity contribution in [2.45, 2.75) is 24.2 Å². The summed E-state index contributed by atoms with van der Waals surface area (Å²) in [4.78, 5) is 18.3. The maximum atomic E-state index is 4.80. The third-order valence-electron chi connectivity index (χ3n) is 4.53. The van der Waals surface area contributed by atoms with Crippen molar-refractivity contribution in [2.24, 2.45) is 0 Å².